The minimum absolute atomic E-state index is 0.303. The fraction of sp³-hybridized carbons (Fsp3) is 0.667. The van der Waals surface area contributed by atoms with Crippen LogP contribution in [-0.2, 0) is 29.4 Å². The van der Waals surface area contributed by atoms with Crippen LogP contribution in [0, 0.1) is 0 Å². The van der Waals surface area contributed by atoms with E-state index in [-0.39, 0.29) is 8.61 Å². The second kappa shape index (κ2) is 8.44. The van der Waals surface area contributed by atoms with E-state index in [1.165, 1.54) is 0 Å². The predicted molar refractivity (Wildman–Crippen MR) is 87.2 cm³/mol. The van der Waals surface area contributed by atoms with Gasteiger partial charge in [0.2, 0.25) is 0 Å². The third kappa shape index (κ3) is 5.02. The first kappa shape index (κ1) is 23.1. The second-order valence-corrected chi connectivity index (χ2v) is 7.17. The summed E-state index contributed by atoms with van der Waals surface area (Å²) < 4.78 is 24.9. The maximum absolute atomic E-state index is 12.8. The lowest BCUT2D eigenvalue weighted by molar-refractivity contribution is -0.141. The van der Waals surface area contributed by atoms with Gasteiger partial charge >= 0.3 is 10.2 Å². The molecule has 0 spiro atoms. The van der Waals surface area contributed by atoms with Crippen LogP contribution in [0.1, 0.15) is 27.7 Å². The van der Waals surface area contributed by atoms with E-state index >= 15 is 0 Å². The summed E-state index contributed by atoms with van der Waals surface area (Å²) in [4.78, 5) is 48.6. The highest BCUT2D eigenvalue weighted by atomic mass is 32.2. The van der Waals surface area contributed by atoms with Crippen molar-refractivity contribution >= 4 is 33.8 Å². The minimum atomic E-state index is -5.29. The summed E-state index contributed by atoms with van der Waals surface area (Å²) in [6.07, 6.45) is 0. The van der Waals surface area contributed by atoms with Gasteiger partial charge in [0.05, 0.1) is 24.2 Å². The Hall–Kier alpha value is -1.93. The lowest BCUT2D eigenvalue weighted by Crippen LogP contribution is -2.62. The molecule has 0 aromatic carbocycles. The number of nitrogens with two attached hydrogens (primary N) is 4. The van der Waals surface area contributed by atoms with Crippen molar-refractivity contribution in [3.8, 4) is 0 Å². The van der Waals surface area contributed by atoms with Crippen LogP contribution in [0.2, 0.25) is 0 Å². The van der Waals surface area contributed by atoms with Crippen LogP contribution >= 0.6 is 0 Å². The zero-order chi connectivity index (χ0) is 20.3. The van der Waals surface area contributed by atoms with Gasteiger partial charge in [0.1, 0.15) is 0 Å². The van der Waals surface area contributed by atoms with Crippen molar-refractivity contribution in [3.05, 3.63) is 0 Å². The summed E-state index contributed by atoms with van der Waals surface area (Å²) in [5, 5.41) is 0. The van der Waals surface area contributed by atoms with E-state index in [0.29, 0.717) is 0 Å². The zero-order valence-electron chi connectivity index (χ0n) is 14.4. The van der Waals surface area contributed by atoms with Gasteiger partial charge in [-0.3, -0.25) is 19.2 Å². The summed E-state index contributed by atoms with van der Waals surface area (Å²) in [6, 6.07) is -5.74. The molecule has 0 heterocycles. The molecule has 4 atom stereocenters. The summed E-state index contributed by atoms with van der Waals surface area (Å²) in [5.41, 5.74) is 21.4. The van der Waals surface area contributed by atoms with Gasteiger partial charge in [0.25, 0.3) is 23.6 Å². The second-order valence-electron chi connectivity index (χ2n) is 5.54. The highest BCUT2D eigenvalue weighted by molar-refractivity contribution is 7.89. The lowest BCUT2D eigenvalue weighted by atomic mass is 10.3. The molecule has 0 saturated carbocycles. The van der Waals surface area contributed by atoms with E-state index in [1.54, 1.807) is 0 Å². The number of imide groups is 2. The highest BCUT2D eigenvalue weighted by Gasteiger charge is 2.46. The number of nitrogens with zero attached hydrogens (tertiary/aromatic N) is 2. The first-order valence-corrected chi connectivity index (χ1v) is 8.60. The van der Waals surface area contributed by atoms with Gasteiger partial charge in [0, 0.05) is 0 Å². The lowest BCUT2D eigenvalue weighted by Gasteiger charge is -2.30. The van der Waals surface area contributed by atoms with Crippen LogP contribution in [0.3, 0.4) is 0 Å². The predicted octanol–water partition coefficient (Wildman–Crippen LogP) is -3.67. The molecule has 8 N–H and O–H groups in total. The normalized spacial score (nSPS) is 16.3. The fourth-order valence-electron chi connectivity index (χ4n) is 1.49. The average molecular weight is 380 g/mol. The smallest absolute Gasteiger partial charge is 0.320 e. The van der Waals surface area contributed by atoms with Crippen LogP contribution in [0.4, 0.5) is 0 Å². The van der Waals surface area contributed by atoms with Gasteiger partial charge in [-0.1, -0.05) is 0 Å². The molecule has 0 aromatic heterocycles. The molecule has 0 aliphatic rings. The Morgan fingerprint density at radius 2 is 0.760 bits per heavy atom. The molecule has 25 heavy (non-hydrogen) atoms. The molecular weight excluding hydrogens is 356 g/mol. The molecule has 0 aliphatic heterocycles. The first-order chi connectivity index (χ1) is 11.2. The van der Waals surface area contributed by atoms with E-state index in [2.05, 4.69) is 0 Å². The minimum Gasteiger partial charge on any atom is -0.320 e. The van der Waals surface area contributed by atoms with Crippen molar-refractivity contribution in [1.82, 2.24) is 8.61 Å². The van der Waals surface area contributed by atoms with Crippen molar-refractivity contribution in [2.45, 2.75) is 51.9 Å². The molecule has 0 bridgehead atoms. The Labute approximate surface area is 145 Å². The summed E-state index contributed by atoms with van der Waals surface area (Å²) in [5.74, 6) is -5.49. The Kier molecular flexibility index (Phi) is 7.79. The van der Waals surface area contributed by atoms with Gasteiger partial charge < -0.3 is 22.9 Å². The van der Waals surface area contributed by atoms with E-state index in [4.69, 9.17) is 22.9 Å². The van der Waals surface area contributed by atoms with E-state index in [1.807, 2.05) is 0 Å². The molecule has 0 aliphatic carbocycles. The standard InChI is InChI=1S/C12H24N6O6S/c1-5(13)9(19)17(10(20)6(2)14)25(23,24)18(11(21)7(3)15)12(22)8(4)16/h5-8H,13-16H2,1-4H3. The van der Waals surface area contributed by atoms with Crippen LogP contribution in [0.5, 0.6) is 0 Å². The Morgan fingerprint density at radius 3 is 0.880 bits per heavy atom. The van der Waals surface area contributed by atoms with E-state index < -0.39 is 58.0 Å². The van der Waals surface area contributed by atoms with Crippen LogP contribution in [-0.4, -0.2) is 64.8 Å². The molecule has 0 radical (unpaired) electrons. The molecule has 0 fully saturated rings. The van der Waals surface area contributed by atoms with Crippen molar-refractivity contribution in [2.75, 3.05) is 0 Å². The Morgan fingerprint density at radius 1 is 0.600 bits per heavy atom. The van der Waals surface area contributed by atoms with Gasteiger partial charge in [0.15, 0.2) is 0 Å². The monoisotopic (exact) mass is 380 g/mol. The quantitative estimate of drug-likeness (QED) is 0.354. The Bertz CT molecular complexity index is 567. The molecule has 4 amide bonds. The van der Waals surface area contributed by atoms with Crippen LogP contribution < -0.4 is 22.9 Å². The van der Waals surface area contributed by atoms with Crippen molar-refractivity contribution in [2.24, 2.45) is 22.9 Å². The van der Waals surface area contributed by atoms with Crippen molar-refractivity contribution < 1.29 is 27.6 Å². The van der Waals surface area contributed by atoms with E-state index in [9.17, 15) is 27.6 Å². The summed E-state index contributed by atoms with van der Waals surface area (Å²) >= 11 is 0. The van der Waals surface area contributed by atoms with Crippen molar-refractivity contribution in [3.63, 3.8) is 0 Å². The molecule has 12 nitrogen and oxygen atoms in total. The van der Waals surface area contributed by atoms with E-state index in [0.717, 1.165) is 27.7 Å². The van der Waals surface area contributed by atoms with Gasteiger partial charge in [-0.2, -0.15) is 17.0 Å². The van der Waals surface area contributed by atoms with Gasteiger partial charge in [-0.05, 0) is 27.7 Å². The molecule has 144 valence electrons. The number of hydrogen-bond donors (Lipinski definition) is 4. The maximum Gasteiger partial charge on any atom is 0.344 e. The fourth-order valence-corrected chi connectivity index (χ4v) is 3.23. The topological polar surface area (TPSA) is 213 Å². The first-order valence-electron chi connectivity index (χ1n) is 7.21. The molecule has 4 unspecified atom stereocenters. The number of rotatable bonds is 6. The largest absolute Gasteiger partial charge is 0.344 e. The summed E-state index contributed by atoms with van der Waals surface area (Å²) in [6.45, 7) is 4.46. The number of carbonyl (C=O) groups excluding carboxylic acids is 4. The summed E-state index contributed by atoms with van der Waals surface area (Å²) in [7, 11) is -5.29. The molecule has 0 rings (SSSR count). The zero-order valence-corrected chi connectivity index (χ0v) is 15.2. The average Bonchev–Trinajstić information content (AvgIpc) is 2.45. The maximum atomic E-state index is 12.8. The van der Waals surface area contributed by atoms with Gasteiger partial charge in [-0.15, -0.1) is 0 Å². The van der Waals surface area contributed by atoms with Gasteiger partial charge in [-0.25, -0.2) is 0 Å². The van der Waals surface area contributed by atoms with Crippen LogP contribution in [0.25, 0.3) is 0 Å². The molecule has 0 aromatic rings. The number of hydrogen-bond acceptors (Lipinski definition) is 10. The van der Waals surface area contributed by atoms with Crippen LogP contribution in [0.15, 0.2) is 0 Å². The third-order valence-corrected chi connectivity index (χ3v) is 4.46. The number of carbonyl (C=O) groups is 4. The highest BCUT2D eigenvalue weighted by Crippen LogP contribution is 2.15. The molecule has 0 saturated heterocycles. The number of amides is 4. The Balaban J connectivity index is 6.51. The third-order valence-electron chi connectivity index (χ3n) is 2.82. The molecule has 13 heteroatoms. The van der Waals surface area contributed by atoms with Crippen molar-refractivity contribution in [1.29, 1.82) is 0 Å². The SMILES string of the molecule is CC(N)C(=O)N(C(=O)C(C)N)S(=O)(=O)N(C(=O)C(C)N)C(=O)C(C)N. The molecular formula is C12H24N6O6S.